The molecule has 0 saturated heterocycles. The van der Waals surface area contributed by atoms with Gasteiger partial charge in [-0.25, -0.2) is 4.39 Å². The van der Waals surface area contributed by atoms with E-state index in [0.717, 1.165) is 0 Å². The molecule has 0 aliphatic heterocycles. The van der Waals surface area contributed by atoms with Gasteiger partial charge in [0.2, 0.25) is 0 Å². The molecule has 0 bridgehead atoms. The molecule has 166 valence electrons. The van der Waals surface area contributed by atoms with Crippen LogP contribution in [0.2, 0.25) is 0 Å². The fraction of sp³-hybridized carbons (Fsp3) is 0.217. The van der Waals surface area contributed by atoms with E-state index >= 15 is 0 Å². The summed E-state index contributed by atoms with van der Waals surface area (Å²) in [6.07, 6.45) is 1.67. The molecule has 0 spiro atoms. The second kappa shape index (κ2) is 10.7. The number of allylic oxidation sites excluding steroid dienone is 1. The predicted octanol–water partition coefficient (Wildman–Crippen LogP) is 4.08. The van der Waals surface area contributed by atoms with Gasteiger partial charge in [0.1, 0.15) is 11.6 Å². The first kappa shape index (κ1) is 23.2. The Balaban J connectivity index is 1.73. The van der Waals surface area contributed by atoms with Crippen molar-refractivity contribution in [1.29, 1.82) is 0 Å². The highest BCUT2D eigenvalue weighted by Gasteiger charge is 2.21. The summed E-state index contributed by atoms with van der Waals surface area (Å²) in [6.45, 7) is 5.88. The summed E-state index contributed by atoms with van der Waals surface area (Å²) >= 11 is 1.24. The Morgan fingerprint density at radius 2 is 2.03 bits per heavy atom. The van der Waals surface area contributed by atoms with Crippen LogP contribution >= 0.6 is 11.8 Å². The summed E-state index contributed by atoms with van der Waals surface area (Å²) in [5.41, 5.74) is 0.491. The fourth-order valence-corrected chi connectivity index (χ4v) is 3.87. The van der Waals surface area contributed by atoms with Gasteiger partial charge in [0.15, 0.2) is 16.8 Å². The topological polar surface area (TPSA) is 86.1 Å². The van der Waals surface area contributed by atoms with Crippen LogP contribution < -0.4 is 10.1 Å². The van der Waals surface area contributed by atoms with Crippen LogP contribution in [0.5, 0.6) is 5.75 Å². The van der Waals surface area contributed by atoms with Crippen molar-refractivity contribution in [2.45, 2.75) is 24.7 Å². The maximum atomic E-state index is 13.9. The highest BCUT2D eigenvalue weighted by molar-refractivity contribution is 7.99. The largest absolute Gasteiger partial charge is 0.497 e. The number of aromatic nitrogens is 3. The molecule has 0 fully saturated rings. The molecule has 1 aromatic heterocycles. The first-order valence-corrected chi connectivity index (χ1v) is 10.8. The summed E-state index contributed by atoms with van der Waals surface area (Å²) in [7, 11) is 1.55. The molecule has 2 aromatic carbocycles. The van der Waals surface area contributed by atoms with Crippen molar-refractivity contribution < 1.29 is 18.7 Å². The average Bonchev–Trinajstić information content (AvgIpc) is 3.20. The molecule has 1 heterocycles. The van der Waals surface area contributed by atoms with Crippen molar-refractivity contribution in [3.05, 3.63) is 84.0 Å². The van der Waals surface area contributed by atoms with E-state index in [-0.39, 0.29) is 17.1 Å². The minimum atomic E-state index is -0.600. The first-order valence-electron chi connectivity index (χ1n) is 9.84. The number of ketones is 1. The minimum absolute atomic E-state index is 0.0485. The highest BCUT2D eigenvalue weighted by Crippen LogP contribution is 2.23. The second-order valence-electron chi connectivity index (χ2n) is 6.86. The normalized spacial score (nSPS) is 11.6. The van der Waals surface area contributed by atoms with Crippen molar-refractivity contribution in [3.63, 3.8) is 0 Å². The molecule has 3 aromatic rings. The molecule has 9 heteroatoms. The van der Waals surface area contributed by atoms with Crippen molar-refractivity contribution in [3.8, 4) is 5.75 Å². The van der Waals surface area contributed by atoms with Gasteiger partial charge in [-0.3, -0.25) is 9.59 Å². The maximum absolute atomic E-state index is 13.9. The zero-order valence-electron chi connectivity index (χ0n) is 17.7. The third-order valence-electron chi connectivity index (χ3n) is 4.63. The van der Waals surface area contributed by atoms with E-state index in [1.165, 1.54) is 30.0 Å². The number of hydrogen-bond acceptors (Lipinski definition) is 6. The van der Waals surface area contributed by atoms with Gasteiger partial charge >= 0.3 is 0 Å². The lowest BCUT2D eigenvalue weighted by Gasteiger charge is -2.15. The molecule has 1 amide bonds. The number of carbonyl (C=O) groups excluding carboxylic acids is 2. The Bertz CT molecular complexity index is 1130. The molecular weight excluding hydrogens is 431 g/mol. The van der Waals surface area contributed by atoms with Gasteiger partial charge in [-0.2, -0.15) is 0 Å². The number of Topliss-reactive ketones (excluding diaryl/α,β-unsaturated/α-hetero) is 1. The summed E-state index contributed by atoms with van der Waals surface area (Å²) < 4.78 is 20.8. The monoisotopic (exact) mass is 454 g/mol. The van der Waals surface area contributed by atoms with Crippen LogP contribution in [0, 0.1) is 5.82 Å². The summed E-state index contributed by atoms with van der Waals surface area (Å²) in [4.78, 5) is 25.0. The van der Waals surface area contributed by atoms with Crippen molar-refractivity contribution in [1.82, 2.24) is 20.1 Å². The molecule has 0 saturated carbocycles. The van der Waals surface area contributed by atoms with Crippen molar-refractivity contribution in [2.24, 2.45) is 0 Å². The van der Waals surface area contributed by atoms with Gasteiger partial charge in [-0.05, 0) is 31.2 Å². The van der Waals surface area contributed by atoms with Gasteiger partial charge in [0, 0.05) is 12.1 Å². The number of carbonyl (C=O) groups is 2. The van der Waals surface area contributed by atoms with E-state index in [0.29, 0.717) is 28.8 Å². The van der Waals surface area contributed by atoms with E-state index in [4.69, 9.17) is 4.74 Å². The standard InChI is InChI=1S/C23H23FN4O3S/c1-4-12-28-21(15(2)25-22(30)18-10-5-6-11-19(18)24)26-27-23(28)32-14-20(29)16-8-7-9-17(13-16)31-3/h4-11,13,15H,1,12,14H2,2-3H3,(H,25,30)/t15-/m0/s1. The number of hydrogen-bond donors (Lipinski definition) is 1. The number of nitrogens with one attached hydrogen (secondary N) is 1. The Morgan fingerprint density at radius 1 is 1.25 bits per heavy atom. The summed E-state index contributed by atoms with van der Waals surface area (Å²) in [6, 6.07) is 12.2. The van der Waals surface area contributed by atoms with E-state index < -0.39 is 17.8 Å². The first-order chi connectivity index (χ1) is 15.4. The lowest BCUT2D eigenvalue weighted by Crippen LogP contribution is -2.29. The zero-order valence-corrected chi connectivity index (χ0v) is 18.6. The smallest absolute Gasteiger partial charge is 0.254 e. The van der Waals surface area contributed by atoms with Gasteiger partial charge in [0.05, 0.1) is 24.5 Å². The number of halogens is 1. The number of ether oxygens (including phenoxy) is 1. The van der Waals surface area contributed by atoms with Crippen LogP contribution in [0.1, 0.15) is 39.5 Å². The number of thioether (sulfide) groups is 1. The molecule has 7 nitrogen and oxygen atoms in total. The molecule has 0 unspecified atom stereocenters. The summed E-state index contributed by atoms with van der Waals surface area (Å²) in [5.74, 6) is 0.00863. The van der Waals surface area contributed by atoms with Crippen LogP contribution in [-0.4, -0.2) is 39.3 Å². The Kier molecular flexibility index (Phi) is 7.77. The number of benzene rings is 2. The van der Waals surface area contributed by atoms with Gasteiger partial charge in [-0.15, -0.1) is 16.8 Å². The lowest BCUT2D eigenvalue weighted by molar-refractivity contribution is 0.0932. The van der Waals surface area contributed by atoms with E-state index in [1.54, 1.807) is 55.0 Å². The van der Waals surface area contributed by atoms with Gasteiger partial charge < -0.3 is 14.6 Å². The maximum Gasteiger partial charge on any atom is 0.254 e. The molecule has 32 heavy (non-hydrogen) atoms. The van der Waals surface area contributed by atoms with Crippen molar-refractivity contribution in [2.75, 3.05) is 12.9 Å². The quantitative estimate of drug-likeness (QED) is 0.282. The van der Waals surface area contributed by atoms with E-state index in [2.05, 4.69) is 22.1 Å². The number of nitrogens with zero attached hydrogens (tertiary/aromatic N) is 3. The lowest BCUT2D eigenvalue weighted by atomic mass is 10.1. The highest BCUT2D eigenvalue weighted by atomic mass is 32.2. The SMILES string of the molecule is C=CCn1c(SCC(=O)c2cccc(OC)c2)nnc1[C@H](C)NC(=O)c1ccccc1F. The molecule has 0 aliphatic carbocycles. The van der Waals surface area contributed by atoms with Crippen molar-refractivity contribution >= 4 is 23.5 Å². The molecule has 1 N–H and O–H groups in total. The van der Waals surface area contributed by atoms with E-state index in [1.807, 2.05) is 0 Å². The van der Waals surface area contributed by atoms with E-state index in [9.17, 15) is 14.0 Å². The van der Waals surface area contributed by atoms with Gasteiger partial charge in [0.25, 0.3) is 5.91 Å². The second-order valence-corrected chi connectivity index (χ2v) is 7.80. The van der Waals surface area contributed by atoms with Crippen LogP contribution in [0.15, 0.2) is 66.3 Å². The summed E-state index contributed by atoms with van der Waals surface area (Å²) in [5, 5.41) is 11.6. The molecule has 0 radical (unpaired) electrons. The van der Waals surface area contributed by atoms with Crippen LogP contribution in [0.25, 0.3) is 0 Å². The Morgan fingerprint density at radius 3 is 2.75 bits per heavy atom. The van der Waals surface area contributed by atoms with Crippen LogP contribution in [0.3, 0.4) is 0 Å². The van der Waals surface area contributed by atoms with Gasteiger partial charge in [-0.1, -0.05) is 42.1 Å². The Hall–Kier alpha value is -3.46. The third kappa shape index (κ3) is 5.42. The minimum Gasteiger partial charge on any atom is -0.497 e. The number of rotatable bonds is 10. The molecule has 0 aliphatic rings. The van der Waals surface area contributed by atoms with Crippen LogP contribution in [-0.2, 0) is 6.54 Å². The Labute approximate surface area is 189 Å². The fourth-order valence-electron chi connectivity index (χ4n) is 3.02. The number of amides is 1. The number of methoxy groups -OCH3 is 1. The zero-order chi connectivity index (χ0) is 23.1. The molecular formula is C23H23FN4O3S. The third-order valence-corrected chi connectivity index (χ3v) is 5.60. The predicted molar refractivity (Wildman–Crippen MR) is 121 cm³/mol. The van der Waals surface area contributed by atoms with Crippen LogP contribution in [0.4, 0.5) is 4.39 Å². The molecule has 1 atom stereocenters. The molecule has 3 rings (SSSR count). The average molecular weight is 455 g/mol.